The average Bonchev–Trinajstić information content (AvgIpc) is 2.29. The molecule has 1 aromatic rings. The van der Waals surface area contributed by atoms with Gasteiger partial charge >= 0.3 is 0 Å². The number of nitrogens with two attached hydrogens (primary N) is 1. The van der Waals surface area contributed by atoms with E-state index in [4.69, 9.17) is 10.5 Å². The smallest absolute Gasteiger partial charge is 0.255 e. The second-order valence-electron chi connectivity index (χ2n) is 3.99. The minimum atomic E-state index is -0.300. The summed E-state index contributed by atoms with van der Waals surface area (Å²) in [5, 5.41) is 0. The molecule has 17 heavy (non-hydrogen) atoms. The molecule has 0 saturated carbocycles. The molecule has 2 rings (SSSR count). The minimum Gasteiger partial charge on any atom is -0.399 e. The SMILES string of the molecule is CC(c1ccc(N)cc1)N1C(=O)COCC1=O. The second kappa shape index (κ2) is 4.55. The van der Waals surface area contributed by atoms with Crippen LogP contribution in [-0.2, 0) is 14.3 Å². The molecule has 0 aliphatic carbocycles. The largest absolute Gasteiger partial charge is 0.399 e. The summed E-state index contributed by atoms with van der Waals surface area (Å²) >= 11 is 0. The molecule has 0 radical (unpaired) electrons. The summed E-state index contributed by atoms with van der Waals surface area (Å²) in [5.74, 6) is -0.601. The molecule has 90 valence electrons. The maximum absolute atomic E-state index is 11.6. The molecular formula is C12H14N2O3. The predicted octanol–water partition coefficient (Wildman–Crippen LogP) is 0.715. The molecule has 1 heterocycles. The molecule has 1 unspecified atom stereocenters. The van der Waals surface area contributed by atoms with Gasteiger partial charge in [-0.25, -0.2) is 0 Å². The first kappa shape index (κ1) is 11.6. The number of morpholine rings is 1. The number of imide groups is 1. The lowest BCUT2D eigenvalue weighted by Crippen LogP contribution is -2.47. The number of nitrogen functional groups attached to an aromatic ring is 1. The monoisotopic (exact) mass is 234 g/mol. The zero-order valence-electron chi connectivity index (χ0n) is 9.55. The third kappa shape index (κ3) is 2.29. The van der Waals surface area contributed by atoms with Crippen LogP contribution >= 0.6 is 0 Å². The number of nitrogens with zero attached hydrogens (tertiary/aromatic N) is 1. The van der Waals surface area contributed by atoms with Crippen LogP contribution in [0.3, 0.4) is 0 Å². The van der Waals surface area contributed by atoms with E-state index in [2.05, 4.69) is 0 Å². The number of anilines is 1. The van der Waals surface area contributed by atoms with E-state index in [0.29, 0.717) is 5.69 Å². The van der Waals surface area contributed by atoms with E-state index >= 15 is 0 Å². The van der Waals surface area contributed by atoms with Gasteiger partial charge in [0, 0.05) is 5.69 Å². The van der Waals surface area contributed by atoms with Crippen LogP contribution in [0.15, 0.2) is 24.3 Å². The number of benzene rings is 1. The number of amides is 2. The molecule has 1 aliphatic rings. The van der Waals surface area contributed by atoms with Gasteiger partial charge in [-0.2, -0.15) is 0 Å². The van der Waals surface area contributed by atoms with Crippen molar-refractivity contribution in [2.75, 3.05) is 18.9 Å². The molecule has 5 nitrogen and oxygen atoms in total. The maximum atomic E-state index is 11.6. The molecule has 1 fully saturated rings. The zero-order chi connectivity index (χ0) is 12.4. The molecule has 2 N–H and O–H groups in total. The van der Waals surface area contributed by atoms with Crippen molar-refractivity contribution in [3.8, 4) is 0 Å². The summed E-state index contributed by atoms with van der Waals surface area (Å²) in [7, 11) is 0. The topological polar surface area (TPSA) is 72.6 Å². The van der Waals surface area contributed by atoms with Gasteiger partial charge in [0.05, 0.1) is 6.04 Å². The summed E-state index contributed by atoms with van der Waals surface area (Å²) in [6, 6.07) is 6.84. The van der Waals surface area contributed by atoms with Gasteiger partial charge in [0.1, 0.15) is 13.2 Å². The number of hydrogen-bond acceptors (Lipinski definition) is 4. The first-order chi connectivity index (χ1) is 8.09. The Labute approximate surface area is 99.2 Å². The Balaban J connectivity index is 2.23. The van der Waals surface area contributed by atoms with Gasteiger partial charge < -0.3 is 10.5 Å². The Bertz CT molecular complexity index is 426. The van der Waals surface area contributed by atoms with E-state index < -0.39 is 0 Å². The maximum Gasteiger partial charge on any atom is 0.255 e. The van der Waals surface area contributed by atoms with Crippen LogP contribution in [0, 0.1) is 0 Å². The van der Waals surface area contributed by atoms with Crippen LogP contribution in [-0.4, -0.2) is 29.9 Å². The third-order valence-corrected chi connectivity index (χ3v) is 2.79. The fourth-order valence-electron chi connectivity index (χ4n) is 1.86. The first-order valence-electron chi connectivity index (χ1n) is 5.37. The molecule has 0 bridgehead atoms. The lowest BCUT2D eigenvalue weighted by molar-refractivity contribution is -0.161. The van der Waals surface area contributed by atoms with Crippen LogP contribution in [0.25, 0.3) is 0 Å². The summed E-state index contributed by atoms with van der Waals surface area (Å²) in [6.07, 6.45) is 0. The van der Waals surface area contributed by atoms with Gasteiger partial charge in [-0.1, -0.05) is 12.1 Å². The Hall–Kier alpha value is -1.88. The zero-order valence-corrected chi connectivity index (χ0v) is 9.55. The Morgan fingerprint density at radius 1 is 1.18 bits per heavy atom. The summed E-state index contributed by atoms with van der Waals surface area (Å²) in [4.78, 5) is 24.5. The van der Waals surface area contributed by atoms with E-state index in [0.717, 1.165) is 5.56 Å². The van der Waals surface area contributed by atoms with E-state index in [9.17, 15) is 9.59 Å². The van der Waals surface area contributed by atoms with Gasteiger partial charge in [-0.05, 0) is 24.6 Å². The van der Waals surface area contributed by atoms with Crippen LogP contribution < -0.4 is 5.73 Å². The second-order valence-corrected chi connectivity index (χ2v) is 3.99. The average molecular weight is 234 g/mol. The first-order valence-corrected chi connectivity index (χ1v) is 5.37. The number of hydrogen-bond donors (Lipinski definition) is 1. The minimum absolute atomic E-state index is 0.0367. The number of carbonyl (C=O) groups excluding carboxylic acids is 2. The highest BCUT2D eigenvalue weighted by molar-refractivity contribution is 5.98. The lowest BCUT2D eigenvalue weighted by atomic mass is 10.1. The van der Waals surface area contributed by atoms with Crippen molar-refractivity contribution in [1.82, 2.24) is 4.90 Å². The molecule has 1 aliphatic heterocycles. The van der Waals surface area contributed by atoms with Crippen molar-refractivity contribution in [2.45, 2.75) is 13.0 Å². The number of rotatable bonds is 2. The normalized spacial score (nSPS) is 18.3. The van der Waals surface area contributed by atoms with E-state index in [-0.39, 0.29) is 31.1 Å². The summed E-state index contributed by atoms with van der Waals surface area (Å²) in [6.45, 7) is 1.74. The molecular weight excluding hydrogens is 220 g/mol. The molecule has 0 aromatic heterocycles. The highest BCUT2D eigenvalue weighted by Gasteiger charge is 2.31. The van der Waals surface area contributed by atoms with Crippen LogP contribution in [0.2, 0.25) is 0 Å². The van der Waals surface area contributed by atoms with E-state index in [1.165, 1.54) is 4.90 Å². The Kier molecular flexibility index (Phi) is 3.10. The van der Waals surface area contributed by atoms with Gasteiger partial charge in [0.25, 0.3) is 11.8 Å². The molecule has 0 spiro atoms. The number of ether oxygens (including phenoxy) is 1. The van der Waals surface area contributed by atoms with Crippen LogP contribution in [0.5, 0.6) is 0 Å². The summed E-state index contributed by atoms with van der Waals surface area (Å²) < 4.78 is 4.87. The fraction of sp³-hybridized carbons (Fsp3) is 0.333. The molecule has 1 atom stereocenters. The van der Waals surface area contributed by atoms with Gasteiger partial charge in [0.2, 0.25) is 0 Å². The van der Waals surface area contributed by atoms with E-state index in [1.54, 1.807) is 12.1 Å². The standard InChI is InChI=1S/C12H14N2O3/c1-8(9-2-4-10(13)5-3-9)14-11(15)6-17-7-12(14)16/h2-5,8H,6-7,13H2,1H3. The van der Waals surface area contributed by atoms with Crippen molar-refractivity contribution in [2.24, 2.45) is 0 Å². The van der Waals surface area contributed by atoms with Crippen molar-refractivity contribution in [1.29, 1.82) is 0 Å². The molecule has 1 saturated heterocycles. The third-order valence-electron chi connectivity index (χ3n) is 2.79. The Morgan fingerprint density at radius 3 is 2.24 bits per heavy atom. The van der Waals surface area contributed by atoms with Crippen LogP contribution in [0.1, 0.15) is 18.5 Å². The predicted molar refractivity (Wildman–Crippen MR) is 61.9 cm³/mol. The van der Waals surface area contributed by atoms with Crippen molar-refractivity contribution in [3.05, 3.63) is 29.8 Å². The van der Waals surface area contributed by atoms with Gasteiger partial charge in [-0.3, -0.25) is 14.5 Å². The lowest BCUT2D eigenvalue weighted by Gasteiger charge is -2.30. The van der Waals surface area contributed by atoms with Crippen molar-refractivity contribution >= 4 is 17.5 Å². The van der Waals surface area contributed by atoms with Crippen molar-refractivity contribution in [3.63, 3.8) is 0 Å². The van der Waals surface area contributed by atoms with E-state index in [1.807, 2.05) is 19.1 Å². The quantitative estimate of drug-likeness (QED) is 0.604. The van der Waals surface area contributed by atoms with Crippen LogP contribution in [0.4, 0.5) is 5.69 Å². The highest BCUT2D eigenvalue weighted by atomic mass is 16.5. The Morgan fingerprint density at radius 2 is 1.71 bits per heavy atom. The molecule has 5 heteroatoms. The fourth-order valence-corrected chi connectivity index (χ4v) is 1.86. The van der Waals surface area contributed by atoms with Crippen molar-refractivity contribution < 1.29 is 14.3 Å². The van der Waals surface area contributed by atoms with Gasteiger partial charge in [-0.15, -0.1) is 0 Å². The highest BCUT2D eigenvalue weighted by Crippen LogP contribution is 2.23. The number of carbonyl (C=O) groups is 2. The van der Waals surface area contributed by atoms with Gasteiger partial charge in [0.15, 0.2) is 0 Å². The molecule has 2 amide bonds. The summed E-state index contributed by atoms with van der Waals surface area (Å²) in [5.41, 5.74) is 7.12. The molecule has 1 aromatic carbocycles.